The van der Waals surface area contributed by atoms with Crippen molar-refractivity contribution in [1.82, 2.24) is 14.8 Å². The van der Waals surface area contributed by atoms with Crippen LogP contribution in [0.3, 0.4) is 0 Å². The second-order valence-electron chi connectivity index (χ2n) is 2.77. The average molecular weight is 211 g/mol. The largest absolute Gasteiger partial charge is 0.324 e. The third-order valence-corrected chi connectivity index (χ3v) is 2.88. The summed E-state index contributed by atoms with van der Waals surface area (Å²) >= 11 is 1.61. The maximum Gasteiger partial charge on any atom is 0.190 e. The molecule has 1 heterocycles. The molecule has 14 heavy (non-hydrogen) atoms. The number of thioether (sulfide) groups is 1. The highest BCUT2D eigenvalue weighted by Crippen LogP contribution is 2.16. The molecule has 0 fully saturated rings. The van der Waals surface area contributed by atoms with Gasteiger partial charge in [0.15, 0.2) is 5.16 Å². The standard InChI is InChI=1S/C8H13N5S/c1-13-7(6-10)11-12-8(13)14-5-3-2-4-9/h2-3,5-6,10H2,1H3. The number of aromatic nitrogens is 3. The molecule has 1 aromatic heterocycles. The molecular weight excluding hydrogens is 198 g/mol. The van der Waals surface area contributed by atoms with Gasteiger partial charge in [-0.2, -0.15) is 5.26 Å². The Morgan fingerprint density at radius 1 is 1.57 bits per heavy atom. The minimum atomic E-state index is 0.405. The van der Waals surface area contributed by atoms with Gasteiger partial charge < -0.3 is 10.3 Å². The van der Waals surface area contributed by atoms with Crippen molar-refractivity contribution in [2.24, 2.45) is 12.8 Å². The zero-order valence-corrected chi connectivity index (χ0v) is 8.92. The SMILES string of the molecule is Cn1c(CN)nnc1SCCCC#N. The summed E-state index contributed by atoms with van der Waals surface area (Å²) in [4.78, 5) is 0. The Kier molecular flexibility index (Phi) is 4.43. The van der Waals surface area contributed by atoms with Crippen molar-refractivity contribution in [3.63, 3.8) is 0 Å². The van der Waals surface area contributed by atoms with Gasteiger partial charge in [-0.05, 0) is 6.42 Å². The molecule has 0 aliphatic heterocycles. The van der Waals surface area contributed by atoms with Crippen LogP contribution in [-0.2, 0) is 13.6 Å². The van der Waals surface area contributed by atoms with E-state index in [1.54, 1.807) is 11.8 Å². The van der Waals surface area contributed by atoms with Crippen LogP contribution in [-0.4, -0.2) is 20.5 Å². The molecule has 0 aliphatic carbocycles. The Bertz CT molecular complexity index is 327. The first-order valence-electron chi connectivity index (χ1n) is 4.37. The minimum absolute atomic E-state index is 0.405. The van der Waals surface area contributed by atoms with E-state index >= 15 is 0 Å². The summed E-state index contributed by atoms with van der Waals surface area (Å²) in [7, 11) is 1.90. The van der Waals surface area contributed by atoms with E-state index in [1.807, 2.05) is 11.6 Å². The molecule has 0 amide bonds. The molecular formula is C8H13N5S. The fourth-order valence-electron chi connectivity index (χ4n) is 0.963. The van der Waals surface area contributed by atoms with Crippen LogP contribution in [0.5, 0.6) is 0 Å². The summed E-state index contributed by atoms with van der Waals surface area (Å²) in [5, 5.41) is 17.1. The van der Waals surface area contributed by atoms with Crippen molar-refractivity contribution in [2.45, 2.75) is 24.5 Å². The second kappa shape index (κ2) is 5.62. The van der Waals surface area contributed by atoms with Crippen LogP contribution in [0.25, 0.3) is 0 Å². The fraction of sp³-hybridized carbons (Fsp3) is 0.625. The van der Waals surface area contributed by atoms with E-state index < -0.39 is 0 Å². The van der Waals surface area contributed by atoms with Gasteiger partial charge in [-0.25, -0.2) is 0 Å². The minimum Gasteiger partial charge on any atom is -0.324 e. The Balaban J connectivity index is 2.43. The van der Waals surface area contributed by atoms with Gasteiger partial charge in [0.05, 0.1) is 12.6 Å². The van der Waals surface area contributed by atoms with Crippen LogP contribution in [0.2, 0.25) is 0 Å². The molecule has 0 bridgehead atoms. The lowest BCUT2D eigenvalue weighted by molar-refractivity contribution is 0.734. The van der Waals surface area contributed by atoms with E-state index in [2.05, 4.69) is 16.3 Å². The number of hydrogen-bond donors (Lipinski definition) is 1. The first-order valence-corrected chi connectivity index (χ1v) is 5.36. The lowest BCUT2D eigenvalue weighted by atomic mass is 10.4. The normalized spacial score (nSPS) is 10.1. The smallest absolute Gasteiger partial charge is 0.190 e. The number of hydrogen-bond acceptors (Lipinski definition) is 5. The molecule has 76 valence electrons. The zero-order chi connectivity index (χ0) is 10.4. The van der Waals surface area contributed by atoms with Crippen molar-refractivity contribution in [3.05, 3.63) is 5.82 Å². The number of nitrogens with zero attached hydrogens (tertiary/aromatic N) is 4. The monoisotopic (exact) mass is 211 g/mol. The summed E-state index contributed by atoms with van der Waals surface area (Å²) < 4.78 is 1.89. The van der Waals surface area contributed by atoms with Crippen molar-refractivity contribution in [3.8, 4) is 6.07 Å². The molecule has 0 aliphatic rings. The van der Waals surface area contributed by atoms with E-state index in [0.29, 0.717) is 13.0 Å². The quantitative estimate of drug-likeness (QED) is 0.572. The van der Waals surface area contributed by atoms with E-state index in [4.69, 9.17) is 11.0 Å². The number of nitrogens with two attached hydrogens (primary N) is 1. The molecule has 0 atom stereocenters. The van der Waals surface area contributed by atoms with Gasteiger partial charge in [0.1, 0.15) is 5.82 Å². The number of rotatable bonds is 5. The van der Waals surface area contributed by atoms with Gasteiger partial charge in [0.2, 0.25) is 0 Å². The molecule has 0 radical (unpaired) electrons. The van der Waals surface area contributed by atoms with Crippen molar-refractivity contribution in [2.75, 3.05) is 5.75 Å². The van der Waals surface area contributed by atoms with E-state index in [0.717, 1.165) is 23.2 Å². The highest BCUT2D eigenvalue weighted by Gasteiger charge is 2.06. The van der Waals surface area contributed by atoms with E-state index in [9.17, 15) is 0 Å². The summed E-state index contributed by atoms with van der Waals surface area (Å²) in [6.07, 6.45) is 1.47. The van der Waals surface area contributed by atoms with Gasteiger partial charge in [-0.3, -0.25) is 0 Å². The Morgan fingerprint density at radius 3 is 2.93 bits per heavy atom. The number of nitriles is 1. The topological polar surface area (TPSA) is 80.5 Å². The summed E-state index contributed by atoms with van der Waals surface area (Å²) in [6, 6.07) is 2.11. The van der Waals surface area contributed by atoms with Crippen LogP contribution in [0.1, 0.15) is 18.7 Å². The highest BCUT2D eigenvalue weighted by atomic mass is 32.2. The van der Waals surface area contributed by atoms with Gasteiger partial charge in [-0.1, -0.05) is 11.8 Å². The van der Waals surface area contributed by atoms with Gasteiger partial charge >= 0.3 is 0 Å². The molecule has 0 aromatic carbocycles. The van der Waals surface area contributed by atoms with Gasteiger partial charge in [0.25, 0.3) is 0 Å². The van der Waals surface area contributed by atoms with Gasteiger partial charge in [0, 0.05) is 19.2 Å². The van der Waals surface area contributed by atoms with Crippen molar-refractivity contribution < 1.29 is 0 Å². The summed E-state index contributed by atoms with van der Waals surface area (Å²) in [5.41, 5.74) is 5.46. The van der Waals surface area contributed by atoms with Crippen molar-refractivity contribution in [1.29, 1.82) is 5.26 Å². The van der Waals surface area contributed by atoms with Gasteiger partial charge in [-0.15, -0.1) is 10.2 Å². The summed E-state index contributed by atoms with van der Waals surface area (Å²) in [6.45, 7) is 0.405. The molecule has 5 nitrogen and oxygen atoms in total. The van der Waals surface area contributed by atoms with Crippen LogP contribution in [0.4, 0.5) is 0 Å². The lowest BCUT2D eigenvalue weighted by Crippen LogP contribution is -2.05. The van der Waals surface area contributed by atoms with Crippen molar-refractivity contribution >= 4 is 11.8 Å². The predicted molar refractivity (Wildman–Crippen MR) is 54.5 cm³/mol. The first-order chi connectivity index (χ1) is 6.79. The molecule has 0 saturated heterocycles. The molecule has 0 unspecified atom stereocenters. The number of unbranched alkanes of at least 4 members (excludes halogenated alkanes) is 1. The van der Waals surface area contributed by atoms with Crippen LogP contribution in [0, 0.1) is 11.3 Å². The average Bonchev–Trinajstić information content (AvgIpc) is 2.55. The fourth-order valence-corrected chi connectivity index (χ4v) is 1.83. The zero-order valence-electron chi connectivity index (χ0n) is 8.10. The maximum atomic E-state index is 8.35. The Morgan fingerprint density at radius 2 is 2.36 bits per heavy atom. The third kappa shape index (κ3) is 2.72. The highest BCUT2D eigenvalue weighted by molar-refractivity contribution is 7.99. The molecule has 0 spiro atoms. The van der Waals surface area contributed by atoms with Crippen LogP contribution < -0.4 is 5.73 Å². The molecule has 1 aromatic rings. The van der Waals surface area contributed by atoms with E-state index in [1.165, 1.54) is 0 Å². The summed E-state index contributed by atoms with van der Waals surface area (Å²) in [5.74, 6) is 1.68. The van der Waals surface area contributed by atoms with E-state index in [-0.39, 0.29) is 0 Å². The molecule has 1 rings (SSSR count). The molecule has 0 saturated carbocycles. The molecule has 2 N–H and O–H groups in total. The third-order valence-electron chi connectivity index (χ3n) is 1.77. The van der Waals surface area contributed by atoms with Crippen LogP contribution in [0.15, 0.2) is 5.16 Å². The Labute approximate surface area is 87.3 Å². The maximum absolute atomic E-state index is 8.35. The predicted octanol–water partition coefficient (Wildman–Crippen LogP) is 0.670. The second-order valence-corrected chi connectivity index (χ2v) is 3.83. The van der Waals surface area contributed by atoms with Crippen LogP contribution >= 0.6 is 11.8 Å². The lowest BCUT2D eigenvalue weighted by Gasteiger charge is -2.00. The Hall–Kier alpha value is -1.06. The molecule has 6 heteroatoms. The first kappa shape index (κ1) is 11.0.